The average Bonchev–Trinajstić information content (AvgIpc) is 3.44. The lowest BCUT2D eigenvalue weighted by Crippen LogP contribution is -2.23. The van der Waals surface area contributed by atoms with Gasteiger partial charge >= 0.3 is 0 Å². The van der Waals surface area contributed by atoms with Gasteiger partial charge in [0.2, 0.25) is 4.96 Å². The van der Waals surface area contributed by atoms with Crippen molar-refractivity contribution in [3.05, 3.63) is 62.9 Å². The predicted molar refractivity (Wildman–Crippen MR) is 144 cm³/mol. The number of hydrogen-bond donors (Lipinski definition) is 0. The van der Waals surface area contributed by atoms with Crippen LogP contribution in [0, 0.1) is 0 Å². The van der Waals surface area contributed by atoms with E-state index >= 15 is 0 Å². The fourth-order valence-electron chi connectivity index (χ4n) is 3.75. The standard InChI is InChI=1S/C28H33N3O4S/c1-4-6-8-9-17-34-22-13-11-21(12-14-22)26-29-28-31(30-26)27(32)25(36-28)19-20-10-15-23(24(18-20)33-3)35-16-7-5-2/h10-15,18-19H,4-9,16-17H2,1-3H3. The molecular weight excluding hydrogens is 474 g/mol. The summed E-state index contributed by atoms with van der Waals surface area (Å²) in [6.07, 6.45) is 8.57. The summed E-state index contributed by atoms with van der Waals surface area (Å²) in [6.45, 7) is 5.68. The zero-order chi connectivity index (χ0) is 25.3. The lowest BCUT2D eigenvalue weighted by molar-refractivity contribution is 0.288. The third kappa shape index (κ3) is 6.23. The van der Waals surface area contributed by atoms with Gasteiger partial charge in [0, 0.05) is 5.56 Å². The first-order chi connectivity index (χ1) is 17.6. The number of thiazole rings is 1. The van der Waals surface area contributed by atoms with Crippen LogP contribution in [-0.2, 0) is 0 Å². The number of ether oxygens (including phenoxy) is 3. The third-order valence-corrected chi connectivity index (χ3v) is 6.76. The van der Waals surface area contributed by atoms with Crippen molar-refractivity contribution in [2.24, 2.45) is 0 Å². The van der Waals surface area contributed by atoms with Crippen molar-refractivity contribution < 1.29 is 14.2 Å². The zero-order valence-electron chi connectivity index (χ0n) is 21.2. The van der Waals surface area contributed by atoms with Crippen LogP contribution in [0.5, 0.6) is 17.2 Å². The van der Waals surface area contributed by atoms with Crippen molar-refractivity contribution in [1.29, 1.82) is 0 Å². The highest BCUT2D eigenvalue weighted by Gasteiger charge is 2.13. The Morgan fingerprint density at radius 2 is 1.69 bits per heavy atom. The molecule has 8 heteroatoms. The highest BCUT2D eigenvalue weighted by Crippen LogP contribution is 2.28. The molecule has 0 bridgehead atoms. The quantitative estimate of drug-likeness (QED) is 0.222. The largest absolute Gasteiger partial charge is 0.494 e. The number of methoxy groups -OCH3 is 1. The Morgan fingerprint density at radius 1 is 0.917 bits per heavy atom. The van der Waals surface area contributed by atoms with Crippen LogP contribution in [0.25, 0.3) is 22.4 Å². The van der Waals surface area contributed by atoms with Crippen molar-refractivity contribution in [1.82, 2.24) is 14.6 Å². The van der Waals surface area contributed by atoms with Crippen molar-refractivity contribution >= 4 is 22.4 Å². The van der Waals surface area contributed by atoms with Crippen LogP contribution in [0.1, 0.15) is 57.9 Å². The minimum Gasteiger partial charge on any atom is -0.494 e. The fraction of sp³-hybridized carbons (Fsp3) is 0.393. The number of rotatable bonds is 13. The molecule has 7 nitrogen and oxygen atoms in total. The van der Waals surface area contributed by atoms with Gasteiger partial charge in [0.1, 0.15) is 5.75 Å². The van der Waals surface area contributed by atoms with E-state index < -0.39 is 0 Å². The molecule has 0 fully saturated rings. The summed E-state index contributed by atoms with van der Waals surface area (Å²) in [5, 5.41) is 4.46. The van der Waals surface area contributed by atoms with Crippen molar-refractivity contribution in [2.45, 2.75) is 52.4 Å². The van der Waals surface area contributed by atoms with Gasteiger partial charge in [-0.15, -0.1) is 5.10 Å². The molecular formula is C28H33N3O4S. The molecule has 0 atom stereocenters. The Morgan fingerprint density at radius 3 is 2.42 bits per heavy atom. The molecule has 0 aliphatic heterocycles. The normalized spacial score (nSPS) is 11.8. The molecule has 0 amide bonds. The van der Waals surface area contributed by atoms with Crippen LogP contribution in [0.2, 0.25) is 0 Å². The fourth-order valence-corrected chi connectivity index (χ4v) is 4.65. The second-order valence-corrected chi connectivity index (χ2v) is 9.60. The molecule has 0 unspecified atom stereocenters. The van der Waals surface area contributed by atoms with Gasteiger partial charge in [-0.2, -0.15) is 9.50 Å². The topological polar surface area (TPSA) is 75.0 Å². The molecule has 2 heterocycles. The summed E-state index contributed by atoms with van der Waals surface area (Å²) in [7, 11) is 1.61. The van der Waals surface area contributed by atoms with Crippen LogP contribution in [0.15, 0.2) is 47.3 Å². The SMILES string of the molecule is CCCCCCOc1ccc(-c2nc3sc(=Cc4ccc(OCCCC)c(OC)c4)c(=O)n3n2)cc1. The van der Waals surface area contributed by atoms with Gasteiger partial charge in [-0.3, -0.25) is 4.79 Å². The van der Waals surface area contributed by atoms with E-state index in [-0.39, 0.29) is 5.56 Å². The van der Waals surface area contributed by atoms with Crippen LogP contribution in [-0.4, -0.2) is 34.9 Å². The monoisotopic (exact) mass is 507 g/mol. The van der Waals surface area contributed by atoms with E-state index in [4.69, 9.17) is 14.2 Å². The maximum absolute atomic E-state index is 13.0. The van der Waals surface area contributed by atoms with Gasteiger partial charge in [0.05, 0.1) is 24.9 Å². The summed E-state index contributed by atoms with van der Waals surface area (Å²) < 4.78 is 19.0. The maximum Gasteiger partial charge on any atom is 0.291 e. The van der Waals surface area contributed by atoms with Gasteiger partial charge in [0.15, 0.2) is 17.3 Å². The van der Waals surface area contributed by atoms with Crippen molar-refractivity contribution in [2.75, 3.05) is 20.3 Å². The summed E-state index contributed by atoms with van der Waals surface area (Å²) in [4.78, 5) is 18.1. The minimum absolute atomic E-state index is 0.192. The molecule has 0 N–H and O–H groups in total. The molecule has 190 valence electrons. The lowest BCUT2D eigenvalue weighted by atomic mass is 10.2. The molecule has 2 aromatic heterocycles. The molecule has 0 aliphatic carbocycles. The van der Waals surface area contributed by atoms with Crippen molar-refractivity contribution in [3.8, 4) is 28.6 Å². The smallest absolute Gasteiger partial charge is 0.291 e. The second kappa shape index (κ2) is 12.5. The summed E-state index contributed by atoms with van der Waals surface area (Å²) in [5.74, 6) is 2.69. The average molecular weight is 508 g/mol. The Hall–Kier alpha value is -3.39. The molecule has 0 saturated carbocycles. The first-order valence-electron chi connectivity index (χ1n) is 12.6. The molecule has 0 aliphatic rings. The van der Waals surface area contributed by atoms with Gasteiger partial charge in [0.25, 0.3) is 5.56 Å². The summed E-state index contributed by atoms with van der Waals surface area (Å²) in [6, 6.07) is 13.4. The maximum atomic E-state index is 13.0. The van der Waals surface area contributed by atoms with E-state index in [0.29, 0.717) is 33.4 Å². The number of hydrogen-bond acceptors (Lipinski definition) is 7. The van der Waals surface area contributed by atoms with Crippen LogP contribution in [0.4, 0.5) is 0 Å². The highest BCUT2D eigenvalue weighted by atomic mass is 32.1. The number of unbranched alkanes of at least 4 members (excludes halogenated alkanes) is 4. The van der Waals surface area contributed by atoms with Crippen LogP contribution < -0.4 is 24.3 Å². The minimum atomic E-state index is -0.192. The number of nitrogens with zero attached hydrogens (tertiary/aromatic N) is 3. The van der Waals surface area contributed by atoms with E-state index in [0.717, 1.165) is 42.7 Å². The first-order valence-corrected chi connectivity index (χ1v) is 13.4. The van der Waals surface area contributed by atoms with Gasteiger partial charge < -0.3 is 14.2 Å². The Bertz CT molecular complexity index is 1380. The van der Waals surface area contributed by atoms with E-state index in [1.165, 1.54) is 35.1 Å². The molecule has 0 spiro atoms. The van der Waals surface area contributed by atoms with Crippen LogP contribution in [0.3, 0.4) is 0 Å². The number of fused-ring (bicyclic) bond motifs is 1. The van der Waals surface area contributed by atoms with E-state index in [9.17, 15) is 4.79 Å². The highest BCUT2D eigenvalue weighted by molar-refractivity contribution is 7.15. The van der Waals surface area contributed by atoms with Gasteiger partial charge in [-0.05, 0) is 60.9 Å². The third-order valence-electron chi connectivity index (χ3n) is 5.80. The molecule has 0 radical (unpaired) electrons. The summed E-state index contributed by atoms with van der Waals surface area (Å²) in [5.41, 5.74) is 1.50. The Labute approximate surface area is 215 Å². The number of benzene rings is 2. The number of aromatic nitrogens is 3. The Kier molecular flexibility index (Phi) is 8.95. The molecule has 36 heavy (non-hydrogen) atoms. The molecule has 0 saturated heterocycles. The molecule has 4 aromatic rings. The second-order valence-electron chi connectivity index (χ2n) is 8.59. The first kappa shape index (κ1) is 25.7. The van der Waals surface area contributed by atoms with Gasteiger partial charge in [-0.1, -0.05) is 56.9 Å². The van der Waals surface area contributed by atoms with Crippen molar-refractivity contribution in [3.63, 3.8) is 0 Å². The van der Waals surface area contributed by atoms with E-state index in [1.807, 2.05) is 48.5 Å². The molecule has 2 aromatic carbocycles. The van der Waals surface area contributed by atoms with E-state index in [2.05, 4.69) is 23.9 Å². The zero-order valence-corrected chi connectivity index (χ0v) is 22.0. The lowest BCUT2D eigenvalue weighted by Gasteiger charge is -2.10. The Balaban J connectivity index is 1.49. The molecule has 4 rings (SSSR count). The van der Waals surface area contributed by atoms with Gasteiger partial charge in [-0.25, -0.2) is 0 Å². The van der Waals surface area contributed by atoms with E-state index in [1.54, 1.807) is 7.11 Å². The summed E-state index contributed by atoms with van der Waals surface area (Å²) >= 11 is 1.31. The van der Waals surface area contributed by atoms with Crippen LogP contribution >= 0.6 is 11.3 Å². The predicted octanol–water partition coefficient (Wildman–Crippen LogP) is 5.51.